The molecule has 5 heteroatoms. The van der Waals surface area contributed by atoms with Gasteiger partial charge in [-0.2, -0.15) is 0 Å². The molecule has 2 unspecified atom stereocenters. The SMILES string of the molecule is COC1CNC(CN2CCN(c3cccc(Cl)c3)CC2)C1. The lowest BCUT2D eigenvalue weighted by molar-refractivity contribution is 0.115. The fourth-order valence-corrected chi connectivity index (χ4v) is 3.46. The minimum absolute atomic E-state index is 0.391. The molecule has 0 bridgehead atoms. The molecule has 0 aliphatic carbocycles. The Morgan fingerprint density at radius 3 is 2.76 bits per heavy atom. The summed E-state index contributed by atoms with van der Waals surface area (Å²) in [5.41, 5.74) is 1.24. The number of ether oxygens (including phenoxy) is 1. The zero-order valence-corrected chi connectivity index (χ0v) is 13.4. The normalized spacial score (nSPS) is 27.2. The fourth-order valence-electron chi connectivity index (χ4n) is 3.27. The van der Waals surface area contributed by atoms with Crippen molar-refractivity contribution in [1.29, 1.82) is 0 Å². The molecule has 2 aliphatic heterocycles. The molecule has 1 aromatic rings. The standard InChI is InChI=1S/C16H24ClN3O/c1-21-16-10-14(18-11-16)12-19-5-7-20(8-6-19)15-4-2-3-13(17)9-15/h2-4,9,14,16,18H,5-8,10-12H2,1H3. The summed E-state index contributed by atoms with van der Waals surface area (Å²) in [6.45, 7) is 6.49. The zero-order valence-electron chi connectivity index (χ0n) is 12.6. The van der Waals surface area contributed by atoms with Crippen LogP contribution in [0.2, 0.25) is 5.02 Å². The smallest absolute Gasteiger partial charge is 0.0711 e. The van der Waals surface area contributed by atoms with Crippen LogP contribution in [0.3, 0.4) is 0 Å². The number of nitrogens with zero attached hydrogens (tertiary/aromatic N) is 2. The van der Waals surface area contributed by atoms with Gasteiger partial charge in [-0.3, -0.25) is 4.90 Å². The maximum absolute atomic E-state index is 6.08. The Morgan fingerprint density at radius 1 is 1.29 bits per heavy atom. The summed E-state index contributed by atoms with van der Waals surface area (Å²) < 4.78 is 5.41. The van der Waals surface area contributed by atoms with E-state index in [0.717, 1.165) is 50.7 Å². The van der Waals surface area contributed by atoms with E-state index in [2.05, 4.69) is 27.2 Å². The number of anilines is 1. The highest BCUT2D eigenvalue weighted by Gasteiger charge is 2.27. The van der Waals surface area contributed by atoms with Gasteiger partial charge >= 0.3 is 0 Å². The first kappa shape index (κ1) is 15.1. The maximum Gasteiger partial charge on any atom is 0.0711 e. The summed E-state index contributed by atoms with van der Waals surface area (Å²) in [4.78, 5) is 4.97. The predicted octanol–water partition coefficient (Wildman–Crippen LogP) is 1.84. The van der Waals surface area contributed by atoms with Crippen LogP contribution in [-0.4, -0.2) is 63.4 Å². The second-order valence-electron chi connectivity index (χ2n) is 5.97. The van der Waals surface area contributed by atoms with Gasteiger partial charge in [-0.1, -0.05) is 17.7 Å². The Balaban J connectivity index is 1.47. The van der Waals surface area contributed by atoms with Crippen LogP contribution in [0.5, 0.6) is 0 Å². The molecule has 116 valence electrons. The van der Waals surface area contributed by atoms with Crippen molar-refractivity contribution in [3.63, 3.8) is 0 Å². The van der Waals surface area contributed by atoms with Crippen LogP contribution in [0.25, 0.3) is 0 Å². The lowest BCUT2D eigenvalue weighted by atomic mass is 10.1. The molecule has 1 N–H and O–H groups in total. The van der Waals surface area contributed by atoms with Gasteiger partial charge in [-0.15, -0.1) is 0 Å². The minimum Gasteiger partial charge on any atom is -0.380 e. The Morgan fingerprint density at radius 2 is 2.10 bits per heavy atom. The van der Waals surface area contributed by atoms with Crippen LogP contribution in [0.4, 0.5) is 5.69 Å². The van der Waals surface area contributed by atoms with Gasteiger partial charge in [0.25, 0.3) is 0 Å². The summed E-state index contributed by atoms with van der Waals surface area (Å²) in [7, 11) is 1.80. The number of methoxy groups -OCH3 is 1. The molecule has 1 aromatic carbocycles. The van der Waals surface area contributed by atoms with Crippen LogP contribution in [0, 0.1) is 0 Å². The van der Waals surface area contributed by atoms with Crippen molar-refractivity contribution in [2.24, 2.45) is 0 Å². The molecule has 3 rings (SSSR count). The number of hydrogen-bond donors (Lipinski definition) is 1. The second kappa shape index (κ2) is 6.97. The van der Waals surface area contributed by atoms with Crippen molar-refractivity contribution in [3.05, 3.63) is 29.3 Å². The molecule has 2 heterocycles. The van der Waals surface area contributed by atoms with Crippen molar-refractivity contribution in [3.8, 4) is 0 Å². The summed E-state index contributed by atoms with van der Waals surface area (Å²) in [6, 6.07) is 8.73. The van der Waals surface area contributed by atoms with Crippen LogP contribution < -0.4 is 10.2 Å². The van der Waals surface area contributed by atoms with E-state index >= 15 is 0 Å². The van der Waals surface area contributed by atoms with E-state index in [1.807, 2.05) is 12.1 Å². The third-order valence-electron chi connectivity index (χ3n) is 4.54. The highest BCUT2D eigenvalue weighted by atomic mass is 35.5. The Bertz CT molecular complexity index is 463. The monoisotopic (exact) mass is 309 g/mol. The molecule has 2 fully saturated rings. The molecule has 2 atom stereocenters. The molecular weight excluding hydrogens is 286 g/mol. The lowest BCUT2D eigenvalue weighted by Gasteiger charge is -2.37. The Labute approximate surface area is 132 Å². The van der Waals surface area contributed by atoms with Gasteiger partial charge in [-0.05, 0) is 24.6 Å². The number of nitrogens with one attached hydrogen (secondary N) is 1. The average molecular weight is 310 g/mol. The third-order valence-corrected chi connectivity index (χ3v) is 4.77. The molecule has 2 aliphatic rings. The summed E-state index contributed by atoms with van der Waals surface area (Å²) in [5.74, 6) is 0. The van der Waals surface area contributed by atoms with Gasteiger partial charge in [-0.25, -0.2) is 0 Å². The molecular formula is C16H24ClN3O. The summed E-state index contributed by atoms with van der Waals surface area (Å²) >= 11 is 6.08. The van der Waals surface area contributed by atoms with Gasteiger partial charge in [0.2, 0.25) is 0 Å². The van der Waals surface area contributed by atoms with Crippen molar-refractivity contribution >= 4 is 17.3 Å². The van der Waals surface area contributed by atoms with Crippen LogP contribution in [-0.2, 0) is 4.74 Å². The first-order chi connectivity index (χ1) is 10.2. The zero-order chi connectivity index (χ0) is 14.7. The molecule has 0 amide bonds. The number of hydrogen-bond acceptors (Lipinski definition) is 4. The molecule has 4 nitrogen and oxygen atoms in total. The molecule has 2 saturated heterocycles. The van der Waals surface area contributed by atoms with E-state index in [0.29, 0.717) is 12.1 Å². The topological polar surface area (TPSA) is 27.7 Å². The largest absolute Gasteiger partial charge is 0.380 e. The molecule has 21 heavy (non-hydrogen) atoms. The van der Waals surface area contributed by atoms with Gasteiger partial charge in [0, 0.05) is 63.1 Å². The van der Waals surface area contributed by atoms with E-state index in [4.69, 9.17) is 16.3 Å². The molecule has 0 saturated carbocycles. The Kier molecular flexibility index (Phi) is 5.01. The number of piperazine rings is 1. The predicted molar refractivity (Wildman–Crippen MR) is 87.3 cm³/mol. The van der Waals surface area contributed by atoms with E-state index < -0.39 is 0 Å². The Hall–Kier alpha value is -0.810. The van der Waals surface area contributed by atoms with Crippen LogP contribution >= 0.6 is 11.6 Å². The van der Waals surface area contributed by atoms with Crippen molar-refractivity contribution in [2.45, 2.75) is 18.6 Å². The lowest BCUT2D eigenvalue weighted by Crippen LogP contribution is -2.49. The van der Waals surface area contributed by atoms with Crippen molar-refractivity contribution in [2.75, 3.05) is 51.3 Å². The first-order valence-corrected chi connectivity index (χ1v) is 8.11. The van der Waals surface area contributed by atoms with Gasteiger partial charge in [0.05, 0.1) is 6.10 Å². The number of benzene rings is 1. The van der Waals surface area contributed by atoms with E-state index in [1.165, 1.54) is 5.69 Å². The molecule has 0 radical (unpaired) electrons. The van der Waals surface area contributed by atoms with E-state index in [1.54, 1.807) is 7.11 Å². The van der Waals surface area contributed by atoms with Gasteiger partial charge in [0.1, 0.15) is 0 Å². The fraction of sp³-hybridized carbons (Fsp3) is 0.625. The maximum atomic E-state index is 6.08. The molecule has 0 aromatic heterocycles. The van der Waals surface area contributed by atoms with E-state index in [9.17, 15) is 0 Å². The highest BCUT2D eigenvalue weighted by Crippen LogP contribution is 2.21. The molecule has 0 spiro atoms. The quantitative estimate of drug-likeness (QED) is 0.918. The number of rotatable bonds is 4. The van der Waals surface area contributed by atoms with E-state index in [-0.39, 0.29) is 0 Å². The second-order valence-corrected chi connectivity index (χ2v) is 6.40. The first-order valence-electron chi connectivity index (χ1n) is 7.73. The van der Waals surface area contributed by atoms with Crippen molar-refractivity contribution in [1.82, 2.24) is 10.2 Å². The summed E-state index contributed by atoms with van der Waals surface area (Å²) in [5, 5.41) is 4.37. The third kappa shape index (κ3) is 3.89. The highest BCUT2D eigenvalue weighted by molar-refractivity contribution is 6.30. The summed E-state index contributed by atoms with van der Waals surface area (Å²) in [6.07, 6.45) is 1.52. The number of halogens is 1. The van der Waals surface area contributed by atoms with Gasteiger partial charge in [0.15, 0.2) is 0 Å². The van der Waals surface area contributed by atoms with Crippen LogP contribution in [0.1, 0.15) is 6.42 Å². The van der Waals surface area contributed by atoms with Crippen LogP contribution in [0.15, 0.2) is 24.3 Å². The average Bonchev–Trinajstić information content (AvgIpc) is 2.96. The minimum atomic E-state index is 0.391. The van der Waals surface area contributed by atoms with Crippen molar-refractivity contribution < 1.29 is 4.74 Å². The van der Waals surface area contributed by atoms with Gasteiger partial charge < -0.3 is 15.0 Å².